The fourth-order valence-corrected chi connectivity index (χ4v) is 2.54. The van der Waals surface area contributed by atoms with E-state index in [1.54, 1.807) is 6.07 Å². The maximum absolute atomic E-state index is 12.3. The van der Waals surface area contributed by atoms with E-state index in [0.717, 1.165) is 6.42 Å². The minimum atomic E-state index is -3.81. The molecule has 9 heteroatoms. The molecule has 2 aromatic heterocycles. The molecular weight excluding hydrogens is 280 g/mol. The molecule has 0 bridgehead atoms. The molecule has 0 saturated carbocycles. The van der Waals surface area contributed by atoms with E-state index in [0.29, 0.717) is 12.2 Å². The Morgan fingerprint density at radius 1 is 1.25 bits per heavy atom. The summed E-state index contributed by atoms with van der Waals surface area (Å²) >= 11 is 0. The summed E-state index contributed by atoms with van der Waals surface area (Å²) in [5.41, 5.74) is 0.484. The molecule has 0 aliphatic rings. The SMILES string of the molecule is CCCNc1ccncc1S(=O)(=O)Nc1nccnn1. The highest BCUT2D eigenvalue weighted by Crippen LogP contribution is 2.21. The number of pyridine rings is 1. The van der Waals surface area contributed by atoms with Gasteiger partial charge in [0.25, 0.3) is 16.0 Å². The Hall–Kier alpha value is -2.29. The van der Waals surface area contributed by atoms with E-state index in [1.807, 2.05) is 6.92 Å². The van der Waals surface area contributed by atoms with Gasteiger partial charge in [-0.25, -0.2) is 18.1 Å². The summed E-state index contributed by atoms with van der Waals surface area (Å²) in [6.07, 6.45) is 6.38. The molecule has 0 fully saturated rings. The second kappa shape index (κ2) is 6.24. The van der Waals surface area contributed by atoms with Crippen molar-refractivity contribution in [3.05, 3.63) is 30.9 Å². The van der Waals surface area contributed by atoms with Crippen LogP contribution in [0.3, 0.4) is 0 Å². The number of hydrogen-bond acceptors (Lipinski definition) is 7. The second-order valence-electron chi connectivity index (χ2n) is 3.87. The third-order valence-electron chi connectivity index (χ3n) is 2.35. The monoisotopic (exact) mass is 294 g/mol. The summed E-state index contributed by atoms with van der Waals surface area (Å²) in [4.78, 5) is 7.66. The summed E-state index contributed by atoms with van der Waals surface area (Å²) in [7, 11) is -3.81. The van der Waals surface area contributed by atoms with Crippen LogP contribution in [-0.2, 0) is 10.0 Å². The van der Waals surface area contributed by atoms with Crippen LogP contribution in [0.2, 0.25) is 0 Å². The first-order chi connectivity index (χ1) is 9.63. The molecule has 0 aliphatic carbocycles. The number of nitrogens with one attached hydrogen (secondary N) is 2. The lowest BCUT2D eigenvalue weighted by molar-refractivity contribution is 0.600. The minimum Gasteiger partial charge on any atom is -0.384 e. The highest BCUT2D eigenvalue weighted by Gasteiger charge is 2.20. The molecule has 0 aromatic carbocycles. The normalized spacial score (nSPS) is 11.1. The number of rotatable bonds is 6. The van der Waals surface area contributed by atoms with Crippen LogP contribution in [0.25, 0.3) is 0 Å². The van der Waals surface area contributed by atoms with E-state index in [1.165, 1.54) is 24.8 Å². The van der Waals surface area contributed by atoms with Crippen molar-refractivity contribution in [1.82, 2.24) is 20.2 Å². The standard InChI is InChI=1S/C11H14N6O2S/c1-2-4-13-9-3-5-12-8-10(9)20(18,19)17-11-14-6-7-15-16-11/h3,5-8H,2,4H2,1H3,(H,12,13)(H,14,16,17). The molecule has 8 nitrogen and oxygen atoms in total. The van der Waals surface area contributed by atoms with Crippen LogP contribution in [0.15, 0.2) is 35.7 Å². The lowest BCUT2D eigenvalue weighted by atomic mass is 10.4. The van der Waals surface area contributed by atoms with Gasteiger partial charge in [-0.1, -0.05) is 6.92 Å². The number of nitrogens with zero attached hydrogens (tertiary/aromatic N) is 4. The van der Waals surface area contributed by atoms with Crippen molar-refractivity contribution in [2.75, 3.05) is 16.6 Å². The molecule has 0 radical (unpaired) electrons. The van der Waals surface area contributed by atoms with Crippen LogP contribution in [0.1, 0.15) is 13.3 Å². The topological polar surface area (TPSA) is 110 Å². The van der Waals surface area contributed by atoms with E-state index < -0.39 is 10.0 Å². The Morgan fingerprint density at radius 2 is 2.10 bits per heavy atom. The lowest BCUT2D eigenvalue weighted by Gasteiger charge is -2.11. The van der Waals surface area contributed by atoms with Crippen LogP contribution >= 0.6 is 0 Å². The van der Waals surface area contributed by atoms with Crippen molar-refractivity contribution in [2.24, 2.45) is 0 Å². The quantitative estimate of drug-likeness (QED) is 0.814. The van der Waals surface area contributed by atoms with Gasteiger partial charge in [-0.2, -0.15) is 5.10 Å². The molecule has 2 aromatic rings. The summed E-state index contributed by atoms with van der Waals surface area (Å²) in [6.45, 7) is 2.65. The van der Waals surface area contributed by atoms with Crippen LogP contribution in [0.5, 0.6) is 0 Å². The fraction of sp³-hybridized carbons (Fsp3) is 0.273. The molecule has 20 heavy (non-hydrogen) atoms. The molecule has 0 aliphatic heterocycles. The third-order valence-corrected chi connectivity index (χ3v) is 3.70. The van der Waals surface area contributed by atoms with Gasteiger partial charge in [-0.3, -0.25) is 4.98 Å². The van der Waals surface area contributed by atoms with Crippen LogP contribution in [0.4, 0.5) is 11.6 Å². The van der Waals surface area contributed by atoms with Gasteiger partial charge in [-0.15, -0.1) is 5.10 Å². The van der Waals surface area contributed by atoms with Gasteiger partial charge in [0.05, 0.1) is 18.1 Å². The first-order valence-electron chi connectivity index (χ1n) is 5.98. The average molecular weight is 294 g/mol. The van der Waals surface area contributed by atoms with Crippen LogP contribution < -0.4 is 10.0 Å². The van der Waals surface area contributed by atoms with Gasteiger partial charge < -0.3 is 5.32 Å². The highest BCUT2D eigenvalue weighted by molar-refractivity contribution is 7.92. The van der Waals surface area contributed by atoms with Crippen LogP contribution in [0, 0.1) is 0 Å². The maximum atomic E-state index is 12.3. The Labute approximate surface area is 116 Å². The lowest BCUT2D eigenvalue weighted by Crippen LogP contribution is -2.17. The maximum Gasteiger partial charge on any atom is 0.267 e. The predicted octanol–water partition coefficient (Wildman–Crippen LogP) is 0.889. The van der Waals surface area contributed by atoms with Gasteiger partial charge in [0, 0.05) is 18.9 Å². The van der Waals surface area contributed by atoms with Crippen molar-refractivity contribution in [2.45, 2.75) is 18.2 Å². The Bertz CT molecular complexity index is 662. The van der Waals surface area contributed by atoms with E-state index in [9.17, 15) is 8.42 Å². The Kier molecular flexibility index (Phi) is 4.41. The number of sulfonamides is 1. The molecule has 0 amide bonds. The van der Waals surface area contributed by atoms with E-state index in [-0.39, 0.29) is 10.8 Å². The van der Waals surface area contributed by atoms with Crippen molar-refractivity contribution in [3.63, 3.8) is 0 Å². The zero-order chi connectivity index (χ0) is 14.4. The van der Waals surface area contributed by atoms with Gasteiger partial charge in [0.1, 0.15) is 4.90 Å². The molecule has 106 valence electrons. The Morgan fingerprint density at radius 3 is 2.80 bits per heavy atom. The smallest absolute Gasteiger partial charge is 0.267 e. The summed E-state index contributed by atoms with van der Waals surface area (Å²) in [5.74, 6) is -0.0854. The Balaban J connectivity index is 2.30. The van der Waals surface area contributed by atoms with E-state index in [4.69, 9.17) is 0 Å². The molecule has 0 spiro atoms. The van der Waals surface area contributed by atoms with Gasteiger partial charge in [0.2, 0.25) is 0 Å². The summed E-state index contributed by atoms with van der Waals surface area (Å²) < 4.78 is 26.8. The second-order valence-corrected chi connectivity index (χ2v) is 5.52. The van der Waals surface area contributed by atoms with Crippen molar-refractivity contribution >= 4 is 21.7 Å². The highest BCUT2D eigenvalue weighted by atomic mass is 32.2. The number of anilines is 2. The average Bonchev–Trinajstić information content (AvgIpc) is 2.46. The molecule has 2 rings (SSSR count). The molecule has 0 saturated heterocycles. The van der Waals surface area contributed by atoms with E-state index in [2.05, 4.69) is 30.2 Å². The zero-order valence-electron chi connectivity index (χ0n) is 10.8. The van der Waals surface area contributed by atoms with Crippen molar-refractivity contribution < 1.29 is 8.42 Å². The third kappa shape index (κ3) is 3.38. The summed E-state index contributed by atoms with van der Waals surface area (Å²) in [6, 6.07) is 1.61. The molecule has 0 unspecified atom stereocenters. The number of aromatic nitrogens is 4. The van der Waals surface area contributed by atoms with Crippen molar-refractivity contribution in [3.8, 4) is 0 Å². The molecule has 0 atom stereocenters. The number of hydrogen-bond donors (Lipinski definition) is 2. The van der Waals surface area contributed by atoms with Crippen LogP contribution in [-0.4, -0.2) is 35.1 Å². The van der Waals surface area contributed by atoms with Crippen molar-refractivity contribution in [1.29, 1.82) is 0 Å². The predicted molar refractivity (Wildman–Crippen MR) is 73.7 cm³/mol. The zero-order valence-corrected chi connectivity index (χ0v) is 11.6. The first-order valence-corrected chi connectivity index (χ1v) is 7.46. The van der Waals surface area contributed by atoms with Gasteiger partial charge in [0.15, 0.2) is 0 Å². The molecular formula is C11H14N6O2S. The molecule has 2 N–H and O–H groups in total. The molecule has 2 heterocycles. The van der Waals surface area contributed by atoms with E-state index >= 15 is 0 Å². The minimum absolute atomic E-state index is 0.0425. The largest absolute Gasteiger partial charge is 0.384 e. The summed E-state index contributed by atoms with van der Waals surface area (Å²) in [5, 5.41) is 10.2. The first kappa shape index (κ1) is 14.1. The fourth-order valence-electron chi connectivity index (χ4n) is 1.47. The van der Waals surface area contributed by atoms with Gasteiger partial charge in [-0.05, 0) is 12.5 Å². The van der Waals surface area contributed by atoms with Gasteiger partial charge >= 0.3 is 0 Å².